The number of rotatable bonds is 3. The van der Waals surface area contributed by atoms with Gasteiger partial charge in [0.25, 0.3) is 0 Å². The Bertz CT molecular complexity index is 652. The molecular weight excluding hydrogens is 271 g/mol. The molecule has 0 unspecified atom stereocenters. The van der Waals surface area contributed by atoms with Crippen molar-refractivity contribution in [2.45, 2.75) is 12.5 Å². The maximum Gasteiger partial charge on any atom is 0.223 e. The third-order valence-corrected chi connectivity index (χ3v) is 4.03. The van der Waals surface area contributed by atoms with E-state index in [1.54, 1.807) is 35.0 Å². The molecule has 0 aliphatic carbocycles. The zero-order chi connectivity index (χ0) is 15.0. The van der Waals surface area contributed by atoms with Crippen LogP contribution in [0.2, 0.25) is 0 Å². The number of likely N-dealkylation sites (tertiary alicyclic amines) is 1. The van der Waals surface area contributed by atoms with Crippen LogP contribution in [0, 0.1) is 11.7 Å². The fourth-order valence-electron chi connectivity index (χ4n) is 2.88. The summed E-state index contributed by atoms with van der Waals surface area (Å²) in [5.41, 5.74) is 7.50. The Morgan fingerprint density at radius 2 is 2.10 bits per heavy atom. The maximum atomic E-state index is 13.0. The third-order valence-electron chi connectivity index (χ3n) is 4.03. The van der Waals surface area contributed by atoms with Gasteiger partial charge < -0.3 is 10.6 Å². The molecule has 1 fully saturated rings. The summed E-state index contributed by atoms with van der Waals surface area (Å²) in [6.07, 6.45) is 4.08. The van der Waals surface area contributed by atoms with Crippen molar-refractivity contribution in [1.29, 1.82) is 0 Å². The van der Waals surface area contributed by atoms with Crippen LogP contribution in [0.15, 0.2) is 36.7 Å². The van der Waals surface area contributed by atoms with Crippen molar-refractivity contribution in [3.63, 3.8) is 0 Å². The molecule has 0 spiro atoms. The molecular formula is C15H17FN4O. The van der Waals surface area contributed by atoms with Gasteiger partial charge in [-0.05, 0) is 30.8 Å². The number of hydrogen-bond donors (Lipinski definition) is 1. The molecule has 1 saturated heterocycles. The minimum Gasteiger partial charge on any atom is -0.338 e. The van der Waals surface area contributed by atoms with E-state index in [0.717, 1.165) is 11.3 Å². The standard InChI is InChI=1S/C15H17FN4O/c1-19-14(21)6-10(7-17)15(19)11-8-18-20(9-11)13-4-2-12(16)3-5-13/h2-5,8-10,15H,6-7,17H2,1H3/t10-,15-/m0/s1. The second kappa shape index (κ2) is 5.29. The first-order valence-electron chi connectivity index (χ1n) is 6.86. The summed E-state index contributed by atoms with van der Waals surface area (Å²) in [6.45, 7) is 0.461. The van der Waals surface area contributed by atoms with Crippen LogP contribution in [0.1, 0.15) is 18.0 Å². The van der Waals surface area contributed by atoms with Crippen molar-refractivity contribution < 1.29 is 9.18 Å². The van der Waals surface area contributed by atoms with E-state index in [2.05, 4.69) is 5.10 Å². The quantitative estimate of drug-likeness (QED) is 0.930. The number of benzene rings is 1. The number of carbonyl (C=O) groups is 1. The largest absolute Gasteiger partial charge is 0.338 e. The predicted molar refractivity (Wildman–Crippen MR) is 76.2 cm³/mol. The van der Waals surface area contributed by atoms with Gasteiger partial charge in [-0.15, -0.1) is 0 Å². The van der Waals surface area contributed by atoms with E-state index < -0.39 is 0 Å². The molecule has 1 aliphatic heterocycles. The smallest absolute Gasteiger partial charge is 0.223 e. The van der Waals surface area contributed by atoms with Gasteiger partial charge in [0.1, 0.15) is 5.82 Å². The first-order chi connectivity index (χ1) is 10.1. The molecule has 1 aromatic carbocycles. The lowest BCUT2D eigenvalue weighted by Crippen LogP contribution is -2.26. The Morgan fingerprint density at radius 1 is 1.38 bits per heavy atom. The number of amides is 1. The molecule has 2 N–H and O–H groups in total. The van der Waals surface area contributed by atoms with Gasteiger partial charge in [-0.2, -0.15) is 5.10 Å². The van der Waals surface area contributed by atoms with E-state index in [1.807, 2.05) is 6.20 Å². The van der Waals surface area contributed by atoms with Crippen molar-refractivity contribution in [3.8, 4) is 5.69 Å². The molecule has 0 saturated carbocycles. The van der Waals surface area contributed by atoms with Gasteiger partial charge in [0.05, 0.1) is 17.9 Å². The Kier molecular flexibility index (Phi) is 3.47. The van der Waals surface area contributed by atoms with E-state index in [9.17, 15) is 9.18 Å². The summed E-state index contributed by atoms with van der Waals surface area (Å²) in [7, 11) is 1.79. The van der Waals surface area contributed by atoms with Crippen molar-refractivity contribution in [1.82, 2.24) is 14.7 Å². The Balaban J connectivity index is 1.91. The number of hydrogen-bond acceptors (Lipinski definition) is 3. The molecule has 5 nitrogen and oxygen atoms in total. The molecule has 1 aliphatic rings. The SMILES string of the molecule is CN1C(=O)C[C@@H](CN)[C@H]1c1cnn(-c2ccc(F)cc2)c1. The summed E-state index contributed by atoms with van der Waals surface area (Å²) >= 11 is 0. The van der Waals surface area contributed by atoms with Crippen molar-refractivity contribution in [2.24, 2.45) is 11.7 Å². The topological polar surface area (TPSA) is 64.2 Å². The molecule has 1 aromatic heterocycles. The summed E-state index contributed by atoms with van der Waals surface area (Å²) in [5, 5.41) is 4.30. The molecule has 0 radical (unpaired) electrons. The lowest BCUT2D eigenvalue weighted by molar-refractivity contribution is -0.127. The Hall–Kier alpha value is -2.21. The van der Waals surface area contributed by atoms with Crippen LogP contribution in [0.3, 0.4) is 0 Å². The fourth-order valence-corrected chi connectivity index (χ4v) is 2.88. The van der Waals surface area contributed by atoms with E-state index in [-0.39, 0.29) is 23.7 Å². The molecule has 0 bridgehead atoms. The van der Waals surface area contributed by atoms with Crippen LogP contribution < -0.4 is 5.73 Å². The normalized spacial score (nSPS) is 22.0. The highest BCUT2D eigenvalue weighted by Crippen LogP contribution is 2.36. The van der Waals surface area contributed by atoms with E-state index in [4.69, 9.17) is 5.73 Å². The maximum absolute atomic E-state index is 13.0. The van der Waals surface area contributed by atoms with Gasteiger partial charge in [0.2, 0.25) is 5.91 Å². The highest BCUT2D eigenvalue weighted by atomic mass is 19.1. The van der Waals surface area contributed by atoms with Crippen LogP contribution in [0.25, 0.3) is 5.69 Å². The van der Waals surface area contributed by atoms with Crippen LogP contribution in [-0.4, -0.2) is 34.2 Å². The van der Waals surface area contributed by atoms with E-state index in [1.165, 1.54) is 12.1 Å². The first-order valence-corrected chi connectivity index (χ1v) is 6.86. The Morgan fingerprint density at radius 3 is 2.76 bits per heavy atom. The molecule has 2 aromatic rings. The molecule has 1 amide bonds. The lowest BCUT2D eigenvalue weighted by atomic mass is 9.96. The first kappa shape index (κ1) is 13.8. The summed E-state index contributed by atoms with van der Waals surface area (Å²) < 4.78 is 14.6. The van der Waals surface area contributed by atoms with Crippen molar-refractivity contribution in [2.75, 3.05) is 13.6 Å². The van der Waals surface area contributed by atoms with Crippen LogP contribution in [0.4, 0.5) is 4.39 Å². The van der Waals surface area contributed by atoms with Gasteiger partial charge in [0, 0.05) is 31.1 Å². The predicted octanol–water partition coefficient (Wildman–Crippen LogP) is 1.49. The molecule has 3 rings (SSSR count). The van der Waals surface area contributed by atoms with Gasteiger partial charge in [0.15, 0.2) is 0 Å². The van der Waals surface area contributed by atoms with Crippen molar-refractivity contribution >= 4 is 5.91 Å². The van der Waals surface area contributed by atoms with Crippen molar-refractivity contribution in [3.05, 3.63) is 48.0 Å². The van der Waals surface area contributed by atoms with Crippen LogP contribution >= 0.6 is 0 Å². The van der Waals surface area contributed by atoms with E-state index >= 15 is 0 Å². The molecule has 2 heterocycles. The van der Waals surface area contributed by atoms with Gasteiger partial charge >= 0.3 is 0 Å². The second-order valence-corrected chi connectivity index (χ2v) is 5.34. The number of nitrogens with two attached hydrogens (primary N) is 1. The number of halogens is 1. The highest BCUT2D eigenvalue weighted by molar-refractivity contribution is 5.79. The summed E-state index contributed by atoms with van der Waals surface area (Å²) in [5.74, 6) is -0.0752. The average Bonchev–Trinajstić information content (AvgIpc) is 3.05. The van der Waals surface area contributed by atoms with Crippen LogP contribution in [0.5, 0.6) is 0 Å². The molecule has 2 atom stereocenters. The van der Waals surface area contributed by atoms with Gasteiger partial charge in [-0.1, -0.05) is 0 Å². The highest BCUT2D eigenvalue weighted by Gasteiger charge is 2.38. The number of aromatic nitrogens is 2. The zero-order valence-corrected chi connectivity index (χ0v) is 11.7. The van der Waals surface area contributed by atoms with Crippen LogP contribution in [-0.2, 0) is 4.79 Å². The number of carbonyl (C=O) groups excluding carboxylic acids is 1. The second-order valence-electron chi connectivity index (χ2n) is 5.34. The summed E-state index contributed by atoms with van der Waals surface area (Å²) in [4.78, 5) is 13.6. The minimum atomic E-state index is -0.282. The Labute approximate surface area is 122 Å². The lowest BCUT2D eigenvalue weighted by Gasteiger charge is -2.22. The summed E-state index contributed by atoms with van der Waals surface area (Å²) in [6, 6.07) is 6.07. The molecule has 6 heteroatoms. The van der Waals surface area contributed by atoms with E-state index in [0.29, 0.717) is 13.0 Å². The number of nitrogens with zero attached hydrogens (tertiary/aromatic N) is 3. The monoisotopic (exact) mass is 288 g/mol. The minimum absolute atomic E-state index is 0.0447. The zero-order valence-electron chi connectivity index (χ0n) is 11.7. The van der Waals surface area contributed by atoms with Gasteiger partial charge in [-0.3, -0.25) is 4.79 Å². The third kappa shape index (κ3) is 2.42. The molecule has 110 valence electrons. The average molecular weight is 288 g/mol. The van der Waals surface area contributed by atoms with Gasteiger partial charge in [-0.25, -0.2) is 9.07 Å². The molecule has 21 heavy (non-hydrogen) atoms. The fraction of sp³-hybridized carbons (Fsp3) is 0.333.